The number of rotatable bonds is 4. The Bertz CT molecular complexity index is 420. The number of nitrogens with zero attached hydrogens (tertiary/aromatic N) is 1. The Morgan fingerprint density at radius 1 is 1.25 bits per heavy atom. The lowest BCUT2D eigenvalue weighted by Gasteiger charge is -2.08. The van der Waals surface area contributed by atoms with Crippen LogP contribution in [0.3, 0.4) is 0 Å². The fourth-order valence-electron chi connectivity index (χ4n) is 1.73. The average molecular weight is 232 g/mol. The van der Waals surface area contributed by atoms with Crippen LogP contribution in [0, 0.1) is 0 Å². The molecule has 0 aliphatic carbocycles. The molecule has 1 aromatic heterocycles. The predicted octanol–water partition coefficient (Wildman–Crippen LogP) is 2.95. The summed E-state index contributed by atoms with van der Waals surface area (Å²) in [7, 11) is 0. The van der Waals surface area contributed by atoms with E-state index >= 15 is 0 Å². The average Bonchev–Trinajstić information content (AvgIpc) is 2.83. The Morgan fingerprint density at radius 2 is 1.94 bits per heavy atom. The first-order valence-electron chi connectivity index (χ1n) is 5.47. The molecule has 0 amide bonds. The van der Waals surface area contributed by atoms with Gasteiger partial charge in [0, 0.05) is 24.0 Å². The summed E-state index contributed by atoms with van der Waals surface area (Å²) in [4.78, 5) is 4.34. The zero-order chi connectivity index (χ0) is 11.4. The number of aromatic nitrogens is 1. The fourth-order valence-corrected chi connectivity index (χ4v) is 2.43. The molecule has 1 unspecified atom stereocenters. The molecular formula is C13H16N2S. The monoisotopic (exact) mass is 232 g/mol. The lowest BCUT2D eigenvalue weighted by Crippen LogP contribution is -1.99. The van der Waals surface area contributed by atoms with E-state index in [-0.39, 0.29) is 0 Å². The van der Waals surface area contributed by atoms with Crippen molar-refractivity contribution in [2.24, 2.45) is 5.73 Å². The van der Waals surface area contributed by atoms with E-state index in [1.54, 1.807) is 11.3 Å². The molecule has 0 fully saturated rings. The van der Waals surface area contributed by atoms with Crippen LogP contribution in [0.25, 0.3) is 0 Å². The first-order chi connectivity index (χ1) is 7.79. The van der Waals surface area contributed by atoms with Crippen molar-refractivity contribution in [2.75, 3.05) is 0 Å². The third-order valence-corrected chi connectivity index (χ3v) is 3.68. The Kier molecular flexibility index (Phi) is 3.70. The SMILES string of the molecule is CC(Cc1ccc(CN)cc1)c1nccs1. The highest BCUT2D eigenvalue weighted by molar-refractivity contribution is 7.09. The molecule has 1 heterocycles. The minimum absolute atomic E-state index is 0.490. The van der Waals surface area contributed by atoms with Gasteiger partial charge in [0.15, 0.2) is 0 Å². The van der Waals surface area contributed by atoms with E-state index in [1.807, 2.05) is 11.6 Å². The zero-order valence-corrected chi connectivity index (χ0v) is 10.2. The van der Waals surface area contributed by atoms with Crippen LogP contribution in [0.4, 0.5) is 0 Å². The lowest BCUT2D eigenvalue weighted by molar-refractivity contribution is 0.751. The van der Waals surface area contributed by atoms with Crippen LogP contribution >= 0.6 is 11.3 Å². The minimum atomic E-state index is 0.490. The lowest BCUT2D eigenvalue weighted by atomic mass is 10.0. The third kappa shape index (κ3) is 2.68. The molecule has 2 nitrogen and oxygen atoms in total. The number of benzene rings is 1. The summed E-state index contributed by atoms with van der Waals surface area (Å²) in [5.74, 6) is 0.490. The van der Waals surface area contributed by atoms with Crippen molar-refractivity contribution < 1.29 is 0 Å². The van der Waals surface area contributed by atoms with Crippen molar-refractivity contribution >= 4 is 11.3 Å². The quantitative estimate of drug-likeness (QED) is 0.880. The van der Waals surface area contributed by atoms with Crippen molar-refractivity contribution in [1.29, 1.82) is 0 Å². The number of thiazole rings is 1. The molecule has 0 aliphatic heterocycles. The largest absolute Gasteiger partial charge is 0.326 e. The normalized spacial score (nSPS) is 12.6. The van der Waals surface area contributed by atoms with Crippen LogP contribution in [0.5, 0.6) is 0 Å². The van der Waals surface area contributed by atoms with E-state index in [2.05, 4.69) is 36.2 Å². The van der Waals surface area contributed by atoms with Gasteiger partial charge in [0.2, 0.25) is 0 Å². The second-order valence-corrected chi connectivity index (χ2v) is 4.92. The molecule has 84 valence electrons. The Morgan fingerprint density at radius 3 is 2.50 bits per heavy atom. The first-order valence-corrected chi connectivity index (χ1v) is 6.35. The van der Waals surface area contributed by atoms with Crippen molar-refractivity contribution in [2.45, 2.75) is 25.8 Å². The Balaban J connectivity index is 2.03. The summed E-state index contributed by atoms with van der Waals surface area (Å²) in [5.41, 5.74) is 8.10. The molecule has 3 heteroatoms. The smallest absolute Gasteiger partial charge is 0.0956 e. The van der Waals surface area contributed by atoms with Crippen molar-refractivity contribution in [3.05, 3.63) is 52.0 Å². The molecule has 0 radical (unpaired) electrons. The maximum Gasteiger partial charge on any atom is 0.0956 e. The fraction of sp³-hybridized carbons (Fsp3) is 0.308. The molecule has 0 bridgehead atoms. The summed E-state index contributed by atoms with van der Waals surface area (Å²) in [6.45, 7) is 2.83. The third-order valence-electron chi connectivity index (χ3n) is 2.67. The van der Waals surface area contributed by atoms with Gasteiger partial charge in [-0.3, -0.25) is 0 Å². The molecule has 16 heavy (non-hydrogen) atoms. The molecule has 2 rings (SSSR count). The van der Waals surface area contributed by atoms with Gasteiger partial charge in [-0.1, -0.05) is 31.2 Å². The molecule has 2 N–H and O–H groups in total. The highest BCUT2D eigenvalue weighted by Gasteiger charge is 2.08. The van der Waals surface area contributed by atoms with Gasteiger partial charge in [0.1, 0.15) is 0 Å². The van der Waals surface area contributed by atoms with Crippen molar-refractivity contribution in [3.8, 4) is 0 Å². The van der Waals surface area contributed by atoms with E-state index in [1.165, 1.54) is 16.1 Å². The van der Waals surface area contributed by atoms with E-state index in [0.717, 1.165) is 6.42 Å². The van der Waals surface area contributed by atoms with E-state index in [0.29, 0.717) is 12.5 Å². The summed E-state index contributed by atoms with van der Waals surface area (Å²) in [5, 5.41) is 3.24. The Hall–Kier alpha value is -1.19. The standard InChI is InChI=1S/C13H16N2S/c1-10(13-15-6-7-16-13)8-11-2-4-12(9-14)5-3-11/h2-7,10H,8-9,14H2,1H3. The van der Waals surface area contributed by atoms with E-state index in [4.69, 9.17) is 5.73 Å². The summed E-state index contributed by atoms with van der Waals surface area (Å²) < 4.78 is 0. The van der Waals surface area contributed by atoms with E-state index < -0.39 is 0 Å². The van der Waals surface area contributed by atoms with Crippen LogP contribution in [0.2, 0.25) is 0 Å². The summed E-state index contributed by atoms with van der Waals surface area (Å²) in [6.07, 6.45) is 2.91. The first kappa shape index (κ1) is 11.3. The molecular weight excluding hydrogens is 216 g/mol. The molecule has 1 aromatic carbocycles. The van der Waals surface area contributed by atoms with Gasteiger partial charge in [-0.2, -0.15) is 0 Å². The second kappa shape index (κ2) is 5.23. The van der Waals surface area contributed by atoms with Crippen molar-refractivity contribution in [3.63, 3.8) is 0 Å². The second-order valence-electron chi connectivity index (χ2n) is 4.00. The topological polar surface area (TPSA) is 38.9 Å². The van der Waals surface area contributed by atoms with Gasteiger partial charge >= 0.3 is 0 Å². The molecule has 0 aliphatic rings. The van der Waals surface area contributed by atoms with Gasteiger partial charge in [0.25, 0.3) is 0 Å². The maximum absolute atomic E-state index is 5.57. The molecule has 0 saturated carbocycles. The van der Waals surface area contributed by atoms with Gasteiger partial charge in [-0.25, -0.2) is 4.98 Å². The number of hydrogen-bond donors (Lipinski definition) is 1. The Labute approximate surface area is 100 Å². The van der Waals surface area contributed by atoms with Crippen molar-refractivity contribution in [1.82, 2.24) is 4.98 Å². The van der Waals surface area contributed by atoms with E-state index in [9.17, 15) is 0 Å². The highest BCUT2D eigenvalue weighted by Crippen LogP contribution is 2.22. The highest BCUT2D eigenvalue weighted by atomic mass is 32.1. The van der Waals surface area contributed by atoms with Crippen LogP contribution < -0.4 is 5.73 Å². The summed E-state index contributed by atoms with van der Waals surface area (Å²) >= 11 is 1.73. The van der Waals surface area contributed by atoms with Gasteiger partial charge in [-0.05, 0) is 17.5 Å². The van der Waals surface area contributed by atoms with Crippen LogP contribution in [0.15, 0.2) is 35.8 Å². The summed E-state index contributed by atoms with van der Waals surface area (Å²) in [6, 6.07) is 8.52. The number of nitrogens with two attached hydrogens (primary N) is 1. The van der Waals surface area contributed by atoms with Gasteiger partial charge in [-0.15, -0.1) is 11.3 Å². The molecule has 2 aromatic rings. The predicted molar refractivity (Wildman–Crippen MR) is 68.6 cm³/mol. The van der Waals surface area contributed by atoms with Crippen LogP contribution in [-0.2, 0) is 13.0 Å². The number of hydrogen-bond acceptors (Lipinski definition) is 3. The maximum atomic E-state index is 5.57. The zero-order valence-electron chi connectivity index (χ0n) is 9.39. The molecule has 0 spiro atoms. The van der Waals surface area contributed by atoms with Crippen LogP contribution in [0.1, 0.15) is 29.0 Å². The van der Waals surface area contributed by atoms with Gasteiger partial charge < -0.3 is 5.73 Å². The van der Waals surface area contributed by atoms with Crippen LogP contribution in [-0.4, -0.2) is 4.98 Å². The molecule has 1 atom stereocenters. The minimum Gasteiger partial charge on any atom is -0.326 e. The van der Waals surface area contributed by atoms with Gasteiger partial charge in [0.05, 0.1) is 5.01 Å². The molecule has 0 saturated heterocycles.